The van der Waals surface area contributed by atoms with Crippen LogP contribution in [0.2, 0.25) is 0 Å². The molecule has 3 heterocycles. The van der Waals surface area contributed by atoms with Crippen LogP contribution < -0.4 is 0 Å². The molecular formula is C20H24O7. The van der Waals surface area contributed by atoms with E-state index in [-0.39, 0.29) is 17.9 Å². The van der Waals surface area contributed by atoms with Crippen molar-refractivity contribution in [3.63, 3.8) is 0 Å². The first-order chi connectivity index (χ1) is 12.5. The summed E-state index contributed by atoms with van der Waals surface area (Å²) in [5.74, 6) is -2.07. The van der Waals surface area contributed by atoms with Gasteiger partial charge in [-0.3, -0.25) is 9.59 Å². The maximum atomic E-state index is 12.5. The smallest absolute Gasteiger partial charge is 0.334 e. The minimum Gasteiger partial charge on any atom is -0.476 e. The van der Waals surface area contributed by atoms with Crippen molar-refractivity contribution >= 4 is 17.7 Å². The average molecular weight is 376 g/mol. The molecule has 0 aromatic carbocycles. The number of hydrogen-bond donors (Lipinski definition) is 1. The molecule has 1 saturated heterocycles. The molecule has 0 amide bonds. The number of aliphatic hydroxyl groups excluding tert-OH is 1. The fourth-order valence-electron chi connectivity index (χ4n) is 3.61. The molecule has 1 fully saturated rings. The monoisotopic (exact) mass is 376 g/mol. The largest absolute Gasteiger partial charge is 0.476 e. The fourth-order valence-corrected chi connectivity index (χ4v) is 3.61. The van der Waals surface area contributed by atoms with Crippen LogP contribution in [0.4, 0.5) is 0 Å². The maximum absolute atomic E-state index is 12.5. The lowest BCUT2D eigenvalue weighted by Crippen LogP contribution is -2.55. The van der Waals surface area contributed by atoms with Crippen molar-refractivity contribution in [3.8, 4) is 0 Å². The van der Waals surface area contributed by atoms with Crippen LogP contribution in [0, 0.1) is 11.8 Å². The first-order valence-corrected chi connectivity index (χ1v) is 8.96. The lowest BCUT2D eigenvalue weighted by molar-refractivity contribution is -0.179. The Labute approximate surface area is 157 Å². The van der Waals surface area contributed by atoms with E-state index in [0.717, 1.165) is 0 Å². The second kappa shape index (κ2) is 6.64. The Balaban J connectivity index is 2.07. The van der Waals surface area contributed by atoms with Crippen molar-refractivity contribution < 1.29 is 33.7 Å². The standard InChI is InChI=1S/C20H24O7/c1-9(2)6-15(22)26-17-16-11(4)19(24)25-13(16)7-10(3)12-8-14(21)20(5,27-12)18(17)23/h7-9,13,16-18,23H,4,6H2,1-3,5H3/b10-7+/t13-,16+,17+,18-,20+/m1/s1. The van der Waals surface area contributed by atoms with Crippen LogP contribution in [-0.4, -0.2) is 46.7 Å². The Morgan fingerprint density at radius 1 is 1.41 bits per heavy atom. The summed E-state index contributed by atoms with van der Waals surface area (Å²) in [6.45, 7) is 10.6. The Bertz CT molecular complexity index is 775. The topological polar surface area (TPSA) is 99.1 Å². The van der Waals surface area contributed by atoms with E-state index in [0.29, 0.717) is 11.3 Å². The minimum atomic E-state index is -1.63. The van der Waals surface area contributed by atoms with Crippen molar-refractivity contribution in [1.29, 1.82) is 0 Å². The van der Waals surface area contributed by atoms with E-state index in [1.165, 1.54) is 13.0 Å². The lowest BCUT2D eigenvalue weighted by Gasteiger charge is -2.36. The molecular weight excluding hydrogens is 352 g/mol. The molecule has 146 valence electrons. The lowest BCUT2D eigenvalue weighted by atomic mass is 9.80. The molecule has 3 aliphatic heterocycles. The minimum absolute atomic E-state index is 0.0433. The Morgan fingerprint density at radius 3 is 2.70 bits per heavy atom. The molecule has 5 atom stereocenters. The third-order valence-corrected chi connectivity index (χ3v) is 5.21. The van der Waals surface area contributed by atoms with Crippen LogP contribution in [-0.2, 0) is 28.6 Å². The Hall–Kier alpha value is -2.41. The summed E-state index contributed by atoms with van der Waals surface area (Å²) in [4.78, 5) is 37.0. The molecule has 0 aromatic rings. The molecule has 7 nitrogen and oxygen atoms in total. The summed E-state index contributed by atoms with van der Waals surface area (Å²) >= 11 is 0. The van der Waals surface area contributed by atoms with E-state index in [9.17, 15) is 19.5 Å². The first kappa shape index (κ1) is 19.4. The highest BCUT2D eigenvalue weighted by atomic mass is 16.6. The highest BCUT2D eigenvalue weighted by Crippen LogP contribution is 2.42. The number of ketones is 1. The Morgan fingerprint density at radius 2 is 2.07 bits per heavy atom. The quantitative estimate of drug-likeness (QED) is 0.590. The summed E-state index contributed by atoms with van der Waals surface area (Å²) in [5, 5.41) is 11.0. The van der Waals surface area contributed by atoms with E-state index in [1.807, 2.05) is 13.8 Å². The molecule has 0 saturated carbocycles. The number of hydrogen-bond acceptors (Lipinski definition) is 7. The van der Waals surface area contributed by atoms with Gasteiger partial charge in [0.05, 0.1) is 5.92 Å². The number of fused-ring (bicyclic) bond motifs is 3. The number of allylic oxidation sites excluding steroid dienone is 1. The molecule has 27 heavy (non-hydrogen) atoms. The van der Waals surface area contributed by atoms with Gasteiger partial charge in [0.25, 0.3) is 0 Å². The van der Waals surface area contributed by atoms with Gasteiger partial charge in [0.15, 0.2) is 5.60 Å². The van der Waals surface area contributed by atoms with Crippen LogP contribution in [0.3, 0.4) is 0 Å². The van der Waals surface area contributed by atoms with Gasteiger partial charge in [0.1, 0.15) is 24.1 Å². The van der Waals surface area contributed by atoms with E-state index in [4.69, 9.17) is 14.2 Å². The number of aliphatic hydroxyl groups is 1. The summed E-state index contributed by atoms with van der Waals surface area (Å²) in [5.41, 5.74) is -0.951. The molecule has 0 aliphatic carbocycles. The second-order valence-electron chi connectivity index (χ2n) is 7.85. The van der Waals surface area contributed by atoms with E-state index >= 15 is 0 Å². The zero-order valence-corrected chi connectivity index (χ0v) is 15.9. The first-order valence-electron chi connectivity index (χ1n) is 8.96. The van der Waals surface area contributed by atoms with Gasteiger partial charge >= 0.3 is 11.9 Å². The van der Waals surface area contributed by atoms with Crippen LogP contribution in [0.25, 0.3) is 0 Å². The number of carbonyl (C=O) groups excluding carboxylic acids is 3. The fraction of sp³-hybridized carbons (Fsp3) is 0.550. The second-order valence-corrected chi connectivity index (χ2v) is 7.85. The van der Waals surface area contributed by atoms with Crippen molar-refractivity contribution in [2.24, 2.45) is 11.8 Å². The molecule has 0 unspecified atom stereocenters. The molecule has 0 aromatic heterocycles. The molecule has 2 bridgehead atoms. The van der Waals surface area contributed by atoms with Crippen molar-refractivity contribution in [1.82, 2.24) is 0 Å². The normalized spacial score (nSPS) is 37.3. The maximum Gasteiger partial charge on any atom is 0.334 e. The third-order valence-electron chi connectivity index (χ3n) is 5.21. The van der Waals surface area contributed by atoms with Crippen molar-refractivity contribution in [3.05, 3.63) is 35.6 Å². The van der Waals surface area contributed by atoms with E-state index < -0.39 is 47.6 Å². The zero-order chi connectivity index (χ0) is 20.1. The predicted molar refractivity (Wildman–Crippen MR) is 94.2 cm³/mol. The van der Waals surface area contributed by atoms with Crippen LogP contribution in [0.15, 0.2) is 35.6 Å². The van der Waals surface area contributed by atoms with Gasteiger partial charge in [-0.2, -0.15) is 0 Å². The highest BCUT2D eigenvalue weighted by Gasteiger charge is 2.57. The van der Waals surface area contributed by atoms with Crippen molar-refractivity contribution in [2.75, 3.05) is 0 Å². The molecule has 0 radical (unpaired) electrons. The van der Waals surface area contributed by atoms with Gasteiger partial charge in [-0.1, -0.05) is 20.4 Å². The highest BCUT2D eigenvalue weighted by molar-refractivity contribution is 6.00. The number of carbonyl (C=O) groups is 3. The average Bonchev–Trinajstić information content (AvgIpc) is 3.02. The predicted octanol–water partition coefficient (Wildman–Crippen LogP) is 1.60. The van der Waals surface area contributed by atoms with E-state index in [1.54, 1.807) is 13.0 Å². The summed E-state index contributed by atoms with van der Waals surface area (Å²) in [6, 6.07) is 0. The van der Waals surface area contributed by atoms with Gasteiger partial charge in [-0.05, 0) is 31.4 Å². The number of esters is 2. The van der Waals surface area contributed by atoms with Crippen molar-refractivity contribution in [2.45, 2.75) is 58.0 Å². The van der Waals surface area contributed by atoms with Gasteiger partial charge in [-0.25, -0.2) is 4.79 Å². The van der Waals surface area contributed by atoms with Gasteiger partial charge in [0.2, 0.25) is 5.78 Å². The Kier molecular flexibility index (Phi) is 4.76. The molecule has 7 heteroatoms. The zero-order valence-electron chi connectivity index (χ0n) is 15.9. The van der Waals surface area contributed by atoms with Crippen LogP contribution in [0.1, 0.15) is 34.1 Å². The van der Waals surface area contributed by atoms with Gasteiger partial charge in [0, 0.05) is 18.1 Å². The summed E-state index contributed by atoms with van der Waals surface area (Å²) in [7, 11) is 0. The molecule has 3 rings (SSSR count). The van der Waals surface area contributed by atoms with Gasteiger partial charge in [-0.15, -0.1) is 0 Å². The van der Waals surface area contributed by atoms with Crippen LogP contribution >= 0.6 is 0 Å². The third kappa shape index (κ3) is 3.20. The van der Waals surface area contributed by atoms with Crippen LogP contribution in [0.5, 0.6) is 0 Å². The van der Waals surface area contributed by atoms with Gasteiger partial charge < -0.3 is 19.3 Å². The summed E-state index contributed by atoms with van der Waals surface area (Å²) in [6.07, 6.45) is -0.442. The van der Waals surface area contributed by atoms with E-state index in [2.05, 4.69) is 6.58 Å². The number of ether oxygens (including phenoxy) is 3. The molecule has 1 N–H and O–H groups in total. The number of rotatable bonds is 3. The molecule has 0 spiro atoms. The SMILES string of the molecule is C=C1C(=O)O[C@@H]2/C=C(\C)C3=CC(=O)[C@](C)(O3)[C@H](O)[C@@H](OC(=O)CC(C)C)[C@@H]12. The molecule has 3 aliphatic rings. The summed E-state index contributed by atoms with van der Waals surface area (Å²) < 4.78 is 16.7.